The quantitative estimate of drug-likeness (QED) is 0.257. The number of rotatable bonds is 8. The van der Waals surface area contributed by atoms with Crippen molar-refractivity contribution in [3.8, 4) is 11.6 Å². The van der Waals surface area contributed by atoms with Crippen LogP contribution >= 0.6 is 0 Å². The van der Waals surface area contributed by atoms with E-state index in [4.69, 9.17) is 18.9 Å². The number of nitrogens with one attached hydrogen (secondary N) is 3. The fourth-order valence-electron chi connectivity index (χ4n) is 7.78. The Labute approximate surface area is 343 Å². The van der Waals surface area contributed by atoms with E-state index in [1.807, 2.05) is 4.72 Å². The van der Waals surface area contributed by atoms with Gasteiger partial charge in [0.1, 0.15) is 35.6 Å². The summed E-state index contributed by atoms with van der Waals surface area (Å²) in [5.74, 6) is -10.3. The number of carbonyl (C=O) groups excluding carboxylic acids is 4. The van der Waals surface area contributed by atoms with Gasteiger partial charge in [-0.2, -0.15) is 8.78 Å². The van der Waals surface area contributed by atoms with Crippen LogP contribution in [0.2, 0.25) is 0 Å². The van der Waals surface area contributed by atoms with Crippen LogP contribution in [0.25, 0.3) is 11.0 Å². The van der Waals surface area contributed by atoms with Gasteiger partial charge in [0.2, 0.25) is 34.1 Å². The van der Waals surface area contributed by atoms with Crippen molar-refractivity contribution in [2.45, 2.75) is 120 Å². The summed E-state index contributed by atoms with van der Waals surface area (Å²) >= 11 is 0. The maximum Gasteiger partial charge on any atom is 0.408 e. The van der Waals surface area contributed by atoms with Gasteiger partial charge in [0.05, 0.1) is 48.1 Å². The highest BCUT2D eigenvalue weighted by atomic mass is 32.2. The van der Waals surface area contributed by atoms with Crippen LogP contribution in [0.3, 0.4) is 0 Å². The SMILES string of the molecule is CC[C@@H]1[C@@H]2CN(C(=O)[C@H](C(C)(C)C)NC(=O)O[C@@H]3C[C@H]3OC/C=C/C(F)(F)c3nc4ccc(OC)cc4nc3O2)[C@@H]1C(=O)N[C@]1(C(=O)NS(=O)(=O)C2(C)CC2)CC1C(F)F. The van der Waals surface area contributed by atoms with Crippen molar-refractivity contribution in [1.82, 2.24) is 30.2 Å². The Hall–Kier alpha value is -4.79. The lowest BCUT2D eigenvalue weighted by Crippen LogP contribution is -2.61. The van der Waals surface area contributed by atoms with Gasteiger partial charge in [0, 0.05) is 18.4 Å². The molecule has 1 aromatic carbocycles. The van der Waals surface area contributed by atoms with Crippen LogP contribution in [-0.2, 0) is 39.8 Å². The summed E-state index contributed by atoms with van der Waals surface area (Å²) < 4.78 is 110. The third-order valence-electron chi connectivity index (χ3n) is 12.0. The molecule has 2 bridgehead atoms. The predicted octanol–water partition coefficient (Wildman–Crippen LogP) is 3.72. The van der Waals surface area contributed by atoms with E-state index in [9.17, 15) is 36.4 Å². The van der Waals surface area contributed by atoms with Crippen LogP contribution in [0.5, 0.6) is 11.6 Å². The number of alkyl halides is 4. The van der Waals surface area contributed by atoms with E-state index in [0.29, 0.717) is 11.8 Å². The van der Waals surface area contributed by atoms with Gasteiger partial charge in [0.25, 0.3) is 5.91 Å². The lowest BCUT2D eigenvalue weighted by Gasteiger charge is -2.36. The molecular formula is C39H48F4N6O10S. The molecule has 0 radical (unpaired) electrons. The van der Waals surface area contributed by atoms with E-state index in [1.54, 1.807) is 27.7 Å². The number of alkyl carbamates (subject to hydrolysis) is 1. The van der Waals surface area contributed by atoms with E-state index < -0.39 is 129 Å². The number of halogens is 4. The van der Waals surface area contributed by atoms with Gasteiger partial charge in [-0.15, -0.1) is 0 Å². The Balaban J connectivity index is 1.31. The summed E-state index contributed by atoms with van der Waals surface area (Å²) in [6.07, 6.45) is -5.03. The van der Waals surface area contributed by atoms with Crippen LogP contribution in [0.4, 0.5) is 22.4 Å². The molecule has 4 fully saturated rings. The van der Waals surface area contributed by atoms with Gasteiger partial charge in [-0.25, -0.2) is 32.0 Å². The van der Waals surface area contributed by atoms with Gasteiger partial charge in [-0.3, -0.25) is 19.1 Å². The summed E-state index contributed by atoms with van der Waals surface area (Å²) in [5.41, 5.74) is -4.15. The van der Waals surface area contributed by atoms with E-state index >= 15 is 8.78 Å². The fourth-order valence-corrected chi connectivity index (χ4v) is 9.09. The molecule has 1 aromatic heterocycles. The molecule has 21 heteroatoms. The minimum Gasteiger partial charge on any atom is -0.497 e. The number of hydrogen-bond donors (Lipinski definition) is 3. The maximum absolute atomic E-state index is 16.2. The predicted molar refractivity (Wildman–Crippen MR) is 204 cm³/mol. The first kappa shape index (κ1) is 43.3. The highest BCUT2D eigenvalue weighted by Gasteiger charge is 2.68. The summed E-state index contributed by atoms with van der Waals surface area (Å²) in [7, 11) is -2.93. The van der Waals surface area contributed by atoms with Gasteiger partial charge in [-0.05, 0) is 56.2 Å². The molecular weight excluding hydrogens is 821 g/mol. The monoisotopic (exact) mass is 868 g/mol. The van der Waals surface area contributed by atoms with Crippen molar-refractivity contribution in [3.05, 3.63) is 36.0 Å². The highest BCUT2D eigenvalue weighted by Crippen LogP contribution is 2.50. The largest absolute Gasteiger partial charge is 0.497 e. The van der Waals surface area contributed by atoms with Crippen LogP contribution in [0.15, 0.2) is 30.4 Å². The number of methoxy groups -OCH3 is 1. The minimum absolute atomic E-state index is 0.0211. The Morgan fingerprint density at radius 2 is 1.80 bits per heavy atom. The van der Waals surface area contributed by atoms with Gasteiger partial charge in [-0.1, -0.05) is 33.8 Å². The molecule has 3 heterocycles. The molecule has 1 saturated heterocycles. The van der Waals surface area contributed by atoms with E-state index in [1.165, 1.54) is 32.2 Å². The first-order valence-corrected chi connectivity index (χ1v) is 21.2. The summed E-state index contributed by atoms with van der Waals surface area (Å²) in [6.45, 7) is 7.18. The Morgan fingerprint density at radius 1 is 1.08 bits per heavy atom. The Kier molecular flexibility index (Phi) is 11.0. The summed E-state index contributed by atoms with van der Waals surface area (Å²) in [4.78, 5) is 66.0. The number of ether oxygens (including phenoxy) is 4. The molecule has 3 aliphatic carbocycles. The molecule has 2 aromatic rings. The number of nitrogens with zero attached hydrogens (tertiary/aromatic N) is 3. The summed E-state index contributed by atoms with van der Waals surface area (Å²) in [6, 6.07) is 1.38. The van der Waals surface area contributed by atoms with Gasteiger partial charge in [0.15, 0.2) is 5.69 Å². The number of carbonyl (C=O) groups is 4. The Morgan fingerprint density at radius 3 is 2.42 bits per heavy atom. The van der Waals surface area contributed by atoms with Crippen molar-refractivity contribution in [3.63, 3.8) is 0 Å². The molecule has 3 N–H and O–H groups in total. The molecule has 4 amide bonds. The molecule has 16 nitrogen and oxygen atoms in total. The molecule has 0 spiro atoms. The smallest absolute Gasteiger partial charge is 0.408 e. The highest BCUT2D eigenvalue weighted by molar-refractivity contribution is 7.91. The number of amides is 4. The van der Waals surface area contributed by atoms with Crippen molar-refractivity contribution < 1.29 is 64.1 Å². The molecule has 328 valence electrons. The van der Waals surface area contributed by atoms with Crippen LogP contribution in [0.1, 0.15) is 72.4 Å². The standard InChI is InChI=1S/C39H48F4N6O10S/c1-7-20-26-18-49(27(20)31(50)47-38(17-21(38)30(40)41)34(52)48-60(54,55)37(5)12-13-37)33(51)29(36(2,3)4)46-35(53)59-25-16-24(25)57-14-8-11-39(42,43)28-32(58-26)45-23-15-19(56-6)9-10-22(23)44-28/h8-11,15,20-21,24-27,29-30H,7,12-14,16-18H2,1-6H3,(H,46,53)(H,47,50)(H,48,52)/b11-8+/t20-,21?,24-,25-,26+,27+,29-,38-/m1/s1. The molecule has 5 aliphatic rings. The van der Waals surface area contributed by atoms with Crippen molar-refractivity contribution >= 4 is 44.9 Å². The number of fused-ring (bicyclic) bond motifs is 5. The average molecular weight is 869 g/mol. The third kappa shape index (κ3) is 8.17. The van der Waals surface area contributed by atoms with Gasteiger partial charge >= 0.3 is 12.0 Å². The van der Waals surface area contributed by atoms with Gasteiger partial charge < -0.3 is 34.5 Å². The molecule has 3 saturated carbocycles. The number of allylic oxidation sites excluding steroid dienone is 1. The second-order valence-corrected chi connectivity index (χ2v) is 19.6. The molecule has 7 rings (SSSR count). The Bertz CT molecular complexity index is 2220. The molecule has 2 aliphatic heterocycles. The van der Waals surface area contributed by atoms with Crippen molar-refractivity contribution in [2.75, 3.05) is 20.3 Å². The average Bonchev–Trinajstić information content (AvgIpc) is 4.12. The number of benzene rings is 1. The zero-order chi connectivity index (χ0) is 43.7. The van der Waals surface area contributed by atoms with Crippen molar-refractivity contribution in [1.29, 1.82) is 0 Å². The number of hydrogen-bond acceptors (Lipinski definition) is 12. The zero-order valence-electron chi connectivity index (χ0n) is 33.8. The number of aromatic nitrogens is 2. The van der Waals surface area contributed by atoms with E-state index in [2.05, 4.69) is 20.6 Å². The second kappa shape index (κ2) is 15.3. The lowest BCUT2D eigenvalue weighted by molar-refractivity contribution is -0.144. The van der Waals surface area contributed by atoms with Crippen LogP contribution in [-0.4, -0.2) is 114 Å². The minimum atomic E-state index is -4.33. The maximum atomic E-state index is 16.2. The topological polar surface area (TPSA) is 204 Å². The third-order valence-corrected chi connectivity index (χ3v) is 14.1. The van der Waals surface area contributed by atoms with Crippen molar-refractivity contribution in [2.24, 2.45) is 17.3 Å². The normalized spacial score (nSPS) is 31.6. The van der Waals surface area contributed by atoms with E-state index in [-0.39, 0.29) is 43.3 Å². The zero-order valence-corrected chi connectivity index (χ0v) is 34.6. The second-order valence-electron chi connectivity index (χ2n) is 17.4. The van der Waals surface area contributed by atoms with Crippen LogP contribution in [0, 0.1) is 17.3 Å². The van der Waals surface area contributed by atoms with Crippen LogP contribution < -0.4 is 24.8 Å². The first-order valence-electron chi connectivity index (χ1n) is 19.7. The molecule has 1 unspecified atom stereocenters. The molecule has 60 heavy (non-hydrogen) atoms. The number of sulfonamides is 1. The fraction of sp³-hybridized carbons (Fsp3) is 0.641. The first-order chi connectivity index (χ1) is 28.0. The summed E-state index contributed by atoms with van der Waals surface area (Å²) in [5, 5.41) is 4.97. The molecule has 8 atom stereocenters. The van der Waals surface area contributed by atoms with E-state index in [0.717, 1.165) is 11.0 Å². The lowest BCUT2D eigenvalue weighted by atomic mass is 9.85.